The van der Waals surface area contributed by atoms with E-state index in [0.29, 0.717) is 18.9 Å². The number of nitrogens with one attached hydrogen (secondary N) is 1. The maximum absolute atomic E-state index is 12.0. The van der Waals surface area contributed by atoms with Gasteiger partial charge in [0.1, 0.15) is 0 Å². The maximum atomic E-state index is 12.0. The average Bonchev–Trinajstić information content (AvgIpc) is 2.45. The molecule has 1 fully saturated rings. The number of sulfonamides is 1. The normalized spacial score (nSPS) is 23.6. The summed E-state index contributed by atoms with van der Waals surface area (Å²) in [5, 5.41) is 0.201. The standard InChI is InChI=1S/C14H21ClN2O2S/c15-13-5-3-4-12(10-13)11-17-20(18,19)9-7-14-6-1-2-8-16-14/h1-2,6,8,12-13,17H,3-5,7,9-11H2. The molecule has 0 amide bonds. The second-order valence-corrected chi connectivity index (χ2v) is 7.91. The fraction of sp³-hybridized carbons (Fsp3) is 0.643. The largest absolute Gasteiger partial charge is 0.261 e. The summed E-state index contributed by atoms with van der Waals surface area (Å²) in [7, 11) is -3.23. The van der Waals surface area contributed by atoms with E-state index in [2.05, 4.69) is 9.71 Å². The van der Waals surface area contributed by atoms with E-state index >= 15 is 0 Å². The molecule has 0 bridgehead atoms. The van der Waals surface area contributed by atoms with E-state index in [1.54, 1.807) is 6.20 Å². The quantitative estimate of drug-likeness (QED) is 0.820. The predicted octanol–water partition coefficient (Wildman–Crippen LogP) is 2.34. The van der Waals surface area contributed by atoms with Crippen molar-refractivity contribution in [3.63, 3.8) is 0 Å². The van der Waals surface area contributed by atoms with Crippen LogP contribution >= 0.6 is 11.6 Å². The van der Waals surface area contributed by atoms with Crippen LogP contribution in [-0.4, -0.2) is 31.1 Å². The number of aryl methyl sites for hydroxylation is 1. The monoisotopic (exact) mass is 316 g/mol. The lowest BCUT2D eigenvalue weighted by Crippen LogP contribution is -2.34. The second-order valence-electron chi connectivity index (χ2n) is 5.37. The van der Waals surface area contributed by atoms with Gasteiger partial charge in [0.2, 0.25) is 10.0 Å². The summed E-state index contributed by atoms with van der Waals surface area (Å²) in [4.78, 5) is 4.13. The Labute approximate surface area is 126 Å². The molecule has 2 rings (SSSR count). The van der Waals surface area contributed by atoms with Crippen LogP contribution in [0, 0.1) is 5.92 Å². The molecule has 0 aliphatic heterocycles. The highest BCUT2D eigenvalue weighted by Gasteiger charge is 2.21. The Morgan fingerprint density at radius 1 is 1.35 bits per heavy atom. The van der Waals surface area contributed by atoms with Gasteiger partial charge in [-0.05, 0) is 37.3 Å². The van der Waals surface area contributed by atoms with E-state index in [0.717, 1.165) is 31.4 Å². The first-order chi connectivity index (χ1) is 9.55. The van der Waals surface area contributed by atoms with E-state index in [-0.39, 0.29) is 11.1 Å². The minimum Gasteiger partial charge on any atom is -0.261 e. The highest BCUT2D eigenvalue weighted by atomic mass is 35.5. The molecule has 4 nitrogen and oxygen atoms in total. The number of pyridine rings is 1. The average molecular weight is 317 g/mol. The van der Waals surface area contributed by atoms with E-state index < -0.39 is 10.0 Å². The lowest BCUT2D eigenvalue weighted by molar-refractivity contribution is 0.361. The molecule has 2 atom stereocenters. The van der Waals surface area contributed by atoms with Crippen molar-refractivity contribution >= 4 is 21.6 Å². The summed E-state index contributed by atoms with van der Waals surface area (Å²) in [6.45, 7) is 0.508. The Hall–Kier alpha value is -0.650. The zero-order chi connectivity index (χ0) is 14.4. The van der Waals surface area contributed by atoms with Gasteiger partial charge < -0.3 is 0 Å². The Morgan fingerprint density at radius 2 is 2.20 bits per heavy atom. The molecule has 2 unspecified atom stereocenters. The third-order valence-electron chi connectivity index (χ3n) is 3.66. The van der Waals surface area contributed by atoms with Gasteiger partial charge in [-0.1, -0.05) is 12.5 Å². The van der Waals surface area contributed by atoms with E-state index in [1.165, 1.54) is 0 Å². The van der Waals surface area contributed by atoms with Crippen LogP contribution in [0.5, 0.6) is 0 Å². The molecular formula is C14H21ClN2O2S. The molecule has 1 aliphatic carbocycles. The Morgan fingerprint density at radius 3 is 2.90 bits per heavy atom. The van der Waals surface area contributed by atoms with Crippen molar-refractivity contribution in [2.45, 2.75) is 37.5 Å². The minimum atomic E-state index is -3.23. The molecule has 1 aromatic heterocycles. The Bertz CT molecular complexity index is 507. The van der Waals surface area contributed by atoms with Crippen LogP contribution in [0.15, 0.2) is 24.4 Å². The van der Waals surface area contributed by atoms with E-state index in [1.807, 2.05) is 18.2 Å². The lowest BCUT2D eigenvalue weighted by Gasteiger charge is -2.25. The Kier molecular flexibility index (Phi) is 5.81. The number of hydrogen-bond acceptors (Lipinski definition) is 3. The highest BCUT2D eigenvalue weighted by Crippen LogP contribution is 2.27. The lowest BCUT2D eigenvalue weighted by atomic mass is 9.89. The van der Waals surface area contributed by atoms with Gasteiger partial charge >= 0.3 is 0 Å². The molecule has 112 valence electrons. The Balaban J connectivity index is 1.76. The summed E-state index contributed by atoms with van der Waals surface area (Å²) in [5.41, 5.74) is 0.802. The van der Waals surface area contributed by atoms with Crippen molar-refractivity contribution in [1.82, 2.24) is 9.71 Å². The van der Waals surface area contributed by atoms with Crippen molar-refractivity contribution in [1.29, 1.82) is 0 Å². The fourth-order valence-electron chi connectivity index (χ4n) is 2.51. The molecule has 1 heterocycles. The molecular weight excluding hydrogens is 296 g/mol. The zero-order valence-corrected chi connectivity index (χ0v) is 13.0. The summed E-state index contributed by atoms with van der Waals surface area (Å²) >= 11 is 6.12. The molecule has 1 aromatic rings. The van der Waals surface area contributed by atoms with E-state index in [4.69, 9.17) is 11.6 Å². The molecule has 20 heavy (non-hydrogen) atoms. The first-order valence-electron chi connectivity index (χ1n) is 7.06. The maximum Gasteiger partial charge on any atom is 0.211 e. The third kappa shape index (κ3) is 5.38. The number of rotatable bonds is 6. The summed E-state index contributed by atoms with van der Waals surface area (Å²) in [5.74, 6) is 0.456. The van der Waals surface area contributed by atoms with E-state index in [9.17, 15) is 8.42 Å². The second kappa shape index (κ2) is 7.38. The van der Waals surface area contributed by atoms with Crippen molar-refractivity contribution < 1.29 is 8.42 Å². The van der Waals surface area contributed by atoms with Crippen molar-refractivity contribution in [2.24, 2.45) is 5.92 Å². The van der Waals surface area contributed by atoms with Gasteiger partial charge in [-0.3, -0.25) is 4.98 Å². The molecule has 1 saturated carbocycles. The van der Waals surface area contributed by atoms with Gasteiger partial charge in [0.05, 0.1) is 5.75 Å². The van der Waals surface area contributed by atoms with Crippen LogP contribution in [0.2, 0.25) is 0 Å². The minimum absolute atomic E-state index is 0.0844. The molecule has 6 heteroatoms. The first-order valence-corrected chi connectivity index (χ1v) is 9.15. The smallest absolute Gasteiger partial charge is 0.211 e. The SMILES string of the molecule is O=S(=O)(CCc1ccccn1)NCC1CCCC(Cl)C1. The number of alkyl halides is 1. The molecule has 0 aromatic carbocycles. The number of hydrogen-bond donors (Lipinski definition) is 1. The number of halogens is 1. The number of nitrogens with zero attached hydrogens (tertiary/aromatic N) is 1. The van der Waals surface area contributed by atoms with Crippen LogP contribution in [-0.2, 0) is 16.4 Å². The van der Waals surface area contributed by atoms with Crippen LogP contribution in [0.4, 0.5) is 0 Å². The molecule has 0 radical (unpaired) electrons. The van der Waals surface area contributed by atoms with Gasteiger partial charge in [0.15, 0.2) is 0 Å². The third-order valence-corrected chi connectivity index (χ3v) is 5.41. The summed E-state index contributed by atoms with van der Waals surface area (Å²) in [6, 6.07) is 5.53. The fourth-order valence-corrected chi connectivity index (χ4v) is 4.03. The van der Waals surface area contributed by atoms with Gasteiger partial charge in [0, 0.05) is 30.2 Å². The molecule has 0 saturated heterocycles. The van der Waals surface area contributed by atoms with Crippen molar-refractivity contribution in [3.8, 4) is 0 Å². The van der Waals surface area contributed by atoms with Gasteiger partial charge in [-0.2, -0.15) is 0 Å². The van der Waals surface area contributed by atoms with Crippen molar-refractivity contribution in [2.75, 3.05) is 12.3 Å². The van der Waals surface area contributed by atoms with Crippen molar-refractivity contribution in [3.05, 3.63) is 30.1 Å². The van der Waals surface area contributed by atoms with Crippen LogP contribution in [0.1, 0.15) is 31.4 Å². The topological polar surface area (TPSA) is 59.1 Å². The predicted molar refractivity (Wildman–Crippen MR) is 81.3 cm³/mol. The summed E-state index contributed by atoms with van der Waals surface area (Å²) in [6.07, 6.45) is 6.23. The van der Waals surface area contributed by atoms with Gasteiger partial charge in [-0.15, -0.1) is 11.6 Å². The molecule has 0 spiro atoms. The first kappa shape index (κ1) is 15.7. The van der Waals surface area contributed by atoms with Crippen LogP contribution < -0.4 is 4.72 Å². The van der Waals surface area contributed by atoms with Gasteiger partial charge in [0.25, 0.3) is 0 Å². The molecule has 1 aliphatic rings. The zero-order valence-electron chi connectivity index (χ0n) is 11.5. The number of aromatic nitrogens is 1. The summed E-state index contributed by atoms with van der Waals surface area (Å²) < 4.78 is 26.6. The van der Waals surface area contributed by atoms with Gasteiger partial charge in [-0.25, -0.2) is 13.1 Å². The van der Waals surface area contributed by atoms with Crippen LogP contribution in [0.25, 0.3) is 0 Å². The highest BCUT2D eigenvalue weighted by molar-refractivity contribution is 7.89. The van der Waals surface area contributed by atoms with Crippen LogP contribution in [0.3, 0.4) is 0 Å². The molecule has 1 N–H and O–H groups in total.